The van der Waals surface area contributed by atoms with Gasteiger partial charge in [-0.15, -0.1) is 0 Å². The van der Waals surface area contributed by atoms with Gasteiger partial charge in [-0.05, 0) is 6.07 Å². The van der Waals surface area contributed by atoms with Crippen LogP contribution in [0.1, 0.15) is 0 Å². The van der Waals surface area contributed by atoms with Crippen LogP contribution in [0.4, 0.5) is 0 Å². The Bertz CT molecular complexity index is 709. The van der Waals surface area contributed by atoms with Gasteiger partial charge >= 0.3 is 15.2 Å². The van der Waals surface area contributed by atoms with Crippen LogP contribution in [0.25, 0.3) is 10.9 Å². The number of nitrogens with zero attached hydrogens (tertiary/aromatic N) is 2. The number of hydrogen-bond acceptors (Lipinski definition) is 4. The van der Waals surface area contributed by atoms with Gasteiger partial charge in [0, 0.05) is 5.39 Å². The summed E-state index contributed by atoms with van der Waals surface area (Å²) in [6, 6.07) is 6.52. The van der Waals surface area contributed by atoms with Gasteiger partial charge in [0.25, 0.3) is 5.08 Å². The van der Waals surface area contributed by atoms with Crippen LogP contribution in [0, 0.1) is 0 Å². The Kier molecular flexibility index (Phi) is 3.64. The van der Waals surface area contributed by atoms with Crippen LogP contribution >= 0.6 is 15.2 Å². The van der Waals surface area contributed by atoms with Crippen LogP contribution in [0.15, 0.2) is 30.5 Å². The number of rotatable bonds is 4. The maximum Gasteiger partial charge on any atom is 0.371 e. The molecule has 1 heterocycles. The topological polar surface area (TPSA) is 153 Å². The molecule has 5 N–H and O–H groups in total. The quantitative estimate of drug-likeness (QED) is 0.494. The molecule has 9 nitrogen and oxygen atoms in total. The fourth-order valence-electron chi connectivity index (χ4n) is 1.71. The van der Waals surface area contributed by atoms with E-state index >= 15 is 0 Å². The second-order valence-corrected chi connectivity index (χ2v) is 8.23. The number of hydrogen-bond donors (Lipinski definition) is 5. The van der Waals surface area contributed by atoms with Crippen molar-refractivity contribution in [3.05, 3.63) is 30.5 Å². The number of aliphatic hydroxyl groups is 1. The van der Waals surface area contributed by atoms with E-state index in [1.165, 1.54) is 6.20 Å². The van der Waals surface area contributed by atoms with Gasteiger partial charge in [-0.2, -0.15) is 5.10 Å². The van der Waals surface area contributed by atoms with E-state index in [2.05, 4.69) is 5.10 Å². The molecule has 20 heavy (non-hydrogen) atoms. The summed E-state index contributed by atoms with van der Waals surface area (Å²) < 4.78 is 23.5. The maximum absolute atomic E-state index is 11.3. The lowest BCUT2D eigenvalue weighted by Gasteiger charge is -2.29. The molecule has 110 valence electrons. The monoisotopic (exact) mass is 322 g/mol. The Balaban J connectivity index is 2.55. The molecular formula is C9H12N2O7P2. The Labute approximate surface area is 112 Å². The third kappa shape index (κ3) is 2.45. The number of aromatic nitrogens is 2. The Morgan fingerprint density at radius 3 is 2.20 bits per heavy atom. The molecule has 0 atom stereocenters. The highest BCUT2D eigenvalue weighted by Gasteiger charge is 2.60. The zero-order valence-electron chi connectivity index (χ0n) is 9.94. The number of para-hydroxylation sites is 1. The smallest absolute Gasteiger partial charge is 0.366 e. The molecule has 0 saturated heterocycles. The number of fused-ring (bicyclic) bond motifs is 1. The van der Waals surface area contributed by atoms with Gasteiger partial charge in [0.1, 0.15) is 0 Å². The van der Waals surface area contributed by atoms with Gasteiger partial charge in [-0.3, -0.25) is 13.8 Å². The van der Waals surface area contributed by atoms with Crippen LogP contribution in [-0.2, 0) is 15.7 Å². The molecule has 1 aromatic carbocycles. The van der Waals surface area contributed by atoms with Crippen molar-refractivity contribution in [2.75, 3.05) is 0 Å². The first-order valence-electron chi connectivity index (χ1n) is 5.30. The average Bonchev–Trinajstić information content (AvgIpc) is 2.70. The van der Waals surface area contributed by atoms with Gasteiger partial charge in [0.2, 0.25) is 0 Å². The van der Waals surface area contributed by atoms with Crippen molar-refractivity contribution < 1.29 is 33.8 Å². The Morgan fingerprint density at radius 1 is 1.10 bits per heavy atom. The fraction of sp³-hybridized carbons (Fsp3) is 0.222. The van der Waals surface area contributed by atoms with Gasteiger partial charge < -0.3 is 24.7 Å². The summed E-state index contributed by atoms with van der Waals surface area (Å²) in [6.45, 7) is -1.03. The van der Waals surface area contributed by atoms with Crippen LogP contribution in [0.3, 0.4) is 0 Å². The average molecular weight is 322 g/mol. The van der Waals surface area contributed by atoms with Crippen molar-refractivity contribution in [1.82, 2.24) is 9.78 Å². The number of benzene rings is 1. The second kappa shape index (κ2) is 4.75. The third-order valence-corrected chi connectivity index (χ3v) is 6.56. The molecule has 0 aliphatic carbocycles. The normalized spacial score (nSPS) is 13.8. The van der Waals surface area contributed by atoms with Gasteiger partial charge in [0.05, 0.1) is 18.3 Å². The summed E-state index contributed by atoms with van der Waals surface area (Å²) in [5.41, 5.74) is 0.382. The minimum Gasteiger partial charge on any atom is -0.366 e. The van der Waals surface area contributed by atoms with Crippen LogP contribution in [0.2, 0.25) is 0 Å². The van der Waals surface area contributed by atoms with Crippen molar-refractivity contribution in [3.8, 4) is 0 Å². The molecule has 0 amide bonds. The maximum atomic E-state index is 11.3. The molecular weight excluding hydrogens is 310 g/mol. The summed E-state index contributed by atoms with van der Waals surface area (Å²) in [5, 5.41) is 10.7. The predicted octanol–water partition coefficient (Wildman–Crippen LogP) is 0.0378. The van der Waals surface area contributed by atoms with Crippen molar-refractivity contribution >= 4 is 26.1 Å². The molecule has 0 unspecified atom stereocenters. The molecule has 0 saturated carbocycles. The molecule has 0 aliphatic heterocycles. The predicted molar refractivity (Wildman–Crippen MR) is 68.8 cm³/mol. The first-order chi connectivity index (χ1) is 9.06. The molecule has 11 heteroatoms. The zero-order chi connectivity index (χ0) is 15.2. The van der Waals surface area contributed by atoms with Gasteiger partial charge in [-0.25, -0.2) is 0 Å². The first-order valence-corrected chi connectivity index (χ1v) is 8.53. The summed E-state index contributed by atoms with van der Waals surface area (Å²) in [4.78, 5) is 36.3. The highest BCUT2D eigenvalue weighted by Crippen LogP contribution is 2.68. The summed E-state index contributed by atoms with van der Waals surface area (Å²) >= 11 is 0. The van der Waals surface area contributed by atoms with E-state index in [-0.39, 0.29) is 0 Å². The Morgan fingerprint density at radius 2 is 1.65 bits per heavy atom. The van der Waals surface area contributed by atoms with E-state index in [4.69, 9.17) is 19.6 Å². The van der Waals surface area contributed by atoms with E-state index in [9.17, 15) is 14.2 Å². The lowest BCUT2D eigenvalue weighted by Crippen LogP contribution is -2.34. The van der Waals surface area contributed by atoms with Crippen LogP contribution < -0.4 is 0 Å². The molecule has 0 bridgehead atoms. The minimum absolute atomic E-state index is 0.382. The lowest BCUT2D eigenvalue weighted by molar-refractivity contribution is 0.113. The Hall–Kier alpha value is -1.05. The largest absolute Gasteiger partial charge is 0.371 e. The SMILES string of the molecule is O=P(O)(O)C(O)(Cn1ncc2ccccc21)P(=O)(O)O. The standard InChI is InChI=1S/C9H12N2O7P2/c12-9(19(13,14)15,20(16,17)18)6-11-8-4-2-1-3-7(8)5-10-11/h1-5,12H,6H2,(H2,13,14,15)(H2,16,17,18). The van der Waals surface area contributed by atoms with Crippen molar-refractivity contribution in [2.45, 2.75) is 11.6 Å². The van der Waals surface area contributed by atoms with E-state index in [0.29, 0.717) is 10.9 Å². The fourth-order valence-corrected chi connectivity index (χ4v) is 3.70. The zero-order valence-corrected chi connectivity index (χ0v) is 11.7. The first kappa shape index (κ1) is 15.3. The minimum atomic E-state index is -5.50. The highest BCUT2D eigenvalue weighted by atomic mass is 31.2. The van der Waals surface area contributed by atoms with Gasteiger partial charge in [0.15, 0.2) is 0 Å². The molecule has 0 spiro atoms. The van der Waals surface area contributed by atoms with E-state index in [0.717, 1.165) is 4.68 Å². The molecule has 0 aliphatic rings. The molecule has 0 fully saturated rings. The van der Waals surface area contributed by atoms with Crippen molar-refractivity contribution in [3.63, 3.8) is 0 Å². The van der Waals surface area contributed by atoms with Crippen molar-refractivity contribution in [1.29, 1.82) is 0 Å². The highest BCUT2D eigenvalue weighted by molar-refractivity contribution is 7.72. The summed E-state index contributed by atoms with van der Waals surface area (Å²) in [6.07, 6.45) is 1.36. The van der Waals surface area contributed by atoms with E-state index in [1.54, 1.807) is 24.3 Å². The summed E-state index contributed by atoms with van der Waals surface area (Å²) in [7, 11) is -11.0. The lowest BCUT2D eigenvalue weighted by atomic mass is 10.3. The molecule has 0 radical (unpaired) electrons. The van der Waals surface area contributed by atoms with E-state index in [1.807, 2.05) is 0 Å². The van der Waals surface area contributed by atoms with Gasteiger partial charge in [-0.1, -0.05) is 18.2 Å². The summed E-state index contributed by atoms with van der Waals surface area (Å²) in [5.74, 6) is 0. The van der Waals surface area contributed by atoms with Crippen molar-refractivity contribution in [2.24, 2.45) is 0 Å². The molecule has 2 aromatic rings. The second-order valence-electron chi connectivity index (χ2n) is 4.22. The molecule has 1 aromatic heterocycles. The third-order valence-electron chi connectivity index (χ3n) is 2.85. The van der Waals surface area contributed by atoms with Crippen LogP contribution in [-0.4, -0.2) is 39.5 Å². The van der Waals surface area contributed by atoms with Crippen LogP contribution in [0.5, 0.6) is 0 Å². The van der Waals surface area contributed by atoms with E-state index < -0.39 is 26.8 Å². The molecule has 2 rings (SSSR count).